The van der Waals surface area contributed by atoms with Crippen molar-refractivity contribution >= 4 is 6.29 Å². The molecule has 0 saturated carbocycles. The molecule has 0 unspecified atom stereocenters. The highest BCUT2D eigenvalue weighted by Crippen LogP contribution is 2.20. The molecule has 0 aliphatic rings. The molecule has 2 heteroatoms. The maximum atomic E-state index is 10.4. The van der Waals surface area contributed by atoms with Crippen LogP contribution in [0.3, 0.4) is 0 Å². The summed E-state index contributed by atoms with van der Waals surface area (Å²) >= 11 is 0. The monoisotopic (exact) mass is 144 g/mol. The molecule has 0 aliphatic heterocycles. The van der Waals surface area contributed by atoms with Gasteiger partial charge in [0, 0.05) is 5.41 Å². The van der Waals surface area contributed by atoms with Crippen LogP contribution in [0.15, 0.2) is 0 Å². The van der Waals surface area contributed by atoms with E-state index in [1.165, 1.54) is 0 Å². The largest absolute Gasteiger partial charge is 0.392 e. The van der Waals surface area contributed by atoms with Crippen LogP contribution in [0.2, 0.25) is 0 Å². The standard InChI is InChI=1S/C8H16O2/c1-4-5-7(10)8(2,3)6-9/h6-7,10H,4-5H2,1-3H3/t7-/m1/s1. The summed E-state index contributed by atoms with van der Waals surface area (Å²) in [7, 11) is 0. The molecule has 0 radical (unpaired) electrons. The fraction of sp³-hybridized carbons (Fsp3) is 0.875. The predicted octanol–water partition coefficient (Wildman–Crippen LogP) is 1.37. The maximum absolute atomic E-state index is 10.4. The van der Waals surface area contributed by atoms with Crippen molar-refractivity contribution in [2.75, 3.05) is 0 Å². The first-order chi connectivity index (χ1) is 4.54. The molecule has 0 saturated heterocycles. The molecule has 0 aromatic rings. The molecule has 0 bridgehead atoms. The molecular weight excluding hydrogens is 128 g/mol. The zero-order chi connectivity index (χ0) is 8.20. The van der Waals surface area contributed by atoms with E-state index in [2.05, 4.69) is 0 Å². The van der Waals surface area contributed by atoms with Crippen LogP contribution in [-0.4, -0.2) is 17.5 Å². The zero-order valence-corrected chi connectivity index (χ0v) is 6.92. The van der Waals surface area contributed by atoms with E-state index in [9.17, 15) is 9.90 Å². The number of hydrogen-bond donors (Lipinski definition) is 1. The molecule has 0 heterocycles. The van der Waals surface area contributed by atoms with Crippen molar-refractivity contribution in [1.29, 1.82) is 0 Å². The third-order valence-electron chi connectivity index (χ3n) is 1.72. The Labute approximate surface area is 62.2 Å². The summed E-state index contributed by atoms with van der Waals surface area (Å²) in [6, 6.07) is 0. The van der Waals surface area contributed by atoms with Crippen LogP contribution in [0, 0.1) is 5.41 Å². The number of aldehydes is 1. The number of aliphatic hydroxyl groups excluding tert-OH is 1. The fourth-order valence-electron chi connectivity index (χ4n) is 0.724. The summed E-state index contributed by atoms with van der Waals surface area (Å²) < 4.78 is 0. The van der Waals surface area contributed by atoms with Gasteiger partial charge in [0.05, 0.1) is 6.10 Å². The van der Waals surface area contributed by atoms with Gasteiger partial charge in [-0.2, -0.15) is 0 Å². The van der Waals surface area contributed by atoms with Gasteiger partial charge in [0.15, 0.2) is 0 Å². The van der Waals surface area contributed by atoms with Gasteiger partial charge < -0.3 is 9.90 Å². The van der Waals surface area contributed by atoms with Crippen LogP contribution in [0.1, 0.15) is 33.6 Å². The number of rotatable bonds is 4. The lowest BCUT2D eigenvalue weighted by atomic mass is 9.86. The summed E-state index contributed by atoms with van der Waals surface area (Å²) in [5, 5.41) is 9.35. The quantitative estimate of drug-likeness (QED) is 0.605. The van der Waals surface area contributed by atoms with Gasteiger partial charge in [0.25, 0.3) is 0 Å². The van der Waals surface area contributed by atoms with Gasteiger partial charge in [-0.1, -0.05) is 27.2 Å². The minimum atomic E-state index is -0.573. The van der Waals surface area contributed by atoms with E-state index >= 15 is 0 Å². The van der Waals surface area contributed by atoms with E-state index in [1.807, 2.05) is 6.92 Å². The van der Waals surface area contributed by atoms with Crippen molar-refractivity contribution in [2.24, 2.45) is 5.41 Å². The number of carbonyl (C=O) groups excluding carboxylic acids is 1. The van der Waals surface area contributed by atoms with Crippen molar-refractivity contribution in [3.8, 4) is 0 Å². The van der Waals surface area contributed by atoms with E-state index in [-0.39, 0.29) is 0 Å². The van der Waals surface area contributed by atoms with Crippen molar-refractivity contribution in [2.45, 2.75) is 39.7 Å². The first-order valence-corrected chi connectivity index (χ1v) is 3.69. The van der Waals surface area contributed by atoms with Crippen molar-refractivity contribution in [3.05, 3.63) is 0 Å². The fourth-order valence-corrected chi connectivity index (χ4v) is 0.724. The van der Waals surface area contributed by atoms with E-state index in [1.54, 1.807) is 13.8 Å². The van der Waals surface area contributed by atoms with E-state index in [4.69, 9.17) is 0 Å². The van der Waals surface area contributed by atoms with Crippen molar-refractivity contribution in [1.82, 2.24) is 0 Å². The summed E-state index contributed by atoms with van der Waals surface area (Å²) in [5.74, 6) is 0. The number of carbonyl (C=O) groups is 1. The van der Waals surface area contributed by atoms with Crippen molar-refractivity contribution in [3.63, 3.8) is 0 Å². The highest BCUT2D eigenvalue weighted by molar-refractivity contribution is 5.58. The molecule has 0 rings (SSSR count). The molecule has 0 aliphatic carbocycles. The van der Waals surface area contributed by atoms with E-state index < -0.39 is 11.5 Å². The predicted molar refractivity (Wildman–Crippen MR) is 40.8 cm³/mol. The minimum absolute atomic E-state index is 0.491. The zero-order valence-electron chi connectivity index (χ0n) is 6.92. The Hall–Kier alpha value is -0.370. The van der Waals surface area contributed by atoms with Crippen LogP contribution < -0.4 is 0 Å². The lowest BCUT2D eigenvalue weighted by molar-refractivity contribution is -0.120. The molecule has 60 valence electrons. The average Bonchev–Trinajstić information content (AvgIpc) is 1.89. The molecule has 0 spiro atoms. The Morgan fingerprint density at radius 3 is 2.40 bits per heavy atom. The van der Waals surface area contributed by atoms with Crippen LogP contribution in [0.25, 0.3) is 0 Å². The van der Waals surface area contributed by atoms with E-state index in [0.717, 1.165) is 12.7 Å². The van der Waals surface area contributed by atoms with Gasteiger partial charge in [-0.3, -0.25) is 0 Å². The van der Waals surface area contributed by atoms with Gasteiger partial charge in [-0.15, -0.1) is 0 Å². The minimum Gasteiger partial charge on any atom is -0.392 e. The van der Waals surface area contributed by atoms with Crippen LogP contribution in [-0.2, 0) is 4.79 Å². The highest BCUT2D eigenvalue weighted by Gasteiger charge is 2.25. The molecule has 1 N–H and O–H groups in total. The Balaban J connectivity index is 3.90. The number of hydrogen-bond acceptors (Lipinski definition) is 2. The van der Waals surface area contributed by atoms with Gasteiger partial charge in [-0.05, 0) is 6.42 Å². The van der Waals surface area contributed by atoms with Crippen LogP contribution in [0.4, 0.5) is 0 Å². The second-order valence-electron chi connectivity index (χ2n) is 3.24. The van der Waals surface area contributed by atoms with E-state index in [0.29, 0.717) is 6.42 Å². The Morgan fingerprint density at radius 2 is 2.10 bits per heavy atom. The topological polar surface area (TPSA) is 37.3 Å². The van der Waals surface area contributed by atoms with Crippen LogP contribution in [0.5, 0.6) is 0 Å². The molecule has 10 heavy (non-hydrogen) atoms. The molecule has 0 fully saturated rings. The maximum Gasteiger partial charge on any atom is 0.128 e. The normalized spacial score (nSPS) is 14.8. The molecule has 0 aromatic heterocycles. The Morgan fingerprint density at radius 1 is 1.60 bits per heavy atom. The van der Waals surface area contributed by atoms with Gasteiger partial charge in [-0.25, -0.2) is 0 Å². The molecule has 1 atom stereocenters. The molecule has 2 nitrogen and oxygen atoms in total. The van der Waals surface area contributed by atoms with Gasteiger partial charge >= 0.3 is 0 Å². The summed E-state index contributed by atoms with van der Waals surface area (Å²) in [6.07, 6.45) is 1.94. The lowest BCUT2D eigenvalue weighted by Gasteiger charge is -2.23. The number of aliphatic hydroxyl groups is 1. The third-order valence-corrected chi connectivity index (χ3v) is 1.72. The average molecular weight is 144 g/mol. The first kappa shape index (κ1) is 9.63. The Bertz CT molecular complexity index is 108. The third kappa shape index (κ3) is 2.48. The molecule has 0 amide bonds. The van der Waals surface area contributed by atoms with Crippen molar-refractivity contribution < 1.29 is 9.90 Å². The second kappa shape index (κ2) is 3.71. The van der Waals surface area contributed by atoms with Gasteiger partial charge in [0.2, 0.25) is 0 Å². The second-order valence-corrected chi connectivity index (χ2v) is 3.24. The summed E-state index contributed by atoms with van der Waals surface area (Å²) in [6.45, 7) is 5.49. The first-order valence-electron chi connectivity index (χ1n) is 3.69. The van der Waals surface area contributed by atoms with Crippen LogP contribution >= 0.6 is 0 Å². The smallest absolute Gasteiger partial charge is 0.128 e. The molecular formula is C8H16O2. The molecule has 0 aromatic carbocycles. The highest BCUT2D eigenvalue weighted by atomic mass is 16.3. The summed E-state index contributed by atoms with van der Waals surface area (Å²) in [5.41, 5.74) is -0.573. The summed E-state index contributed by atoms with van der Waals surface area (Å²) in [4.78, 5) is 10.4. The lowest BCUT2D eigenvalue weighted by Crippen LogP contribution is -2.30. The SMILES string of the molecule is CCC[C@@H](O)C(C)(C)C=O. The Kier molecular flexibility index (Phi) is 3.58. The van der Waals surface area contributed by atoms with Gasteiger partial charge in [0.1, 0.15) is 6.29 Å².